The van der Waals surface area contributed by atoms with Gasteiger partial charge in [0.15, 0.2) is 5.82 Å². The summed E-state index contributed by atoms with van der Waals surface area (Å²) < 4.78 is 5.04. The summed E-state index contributed by atoms with van der Waals surface area (Å²) in [5.74, 6) is -1.21. The Kier molecular flexibility index (Phi) is 11.2. The molecule has 3 N–H and O–H groups in total. The Labute approximate surface area is 256 Å². The standard InChI is InChI=1S/C32H38N6O6/c1-3-44-32(43)38-18-16-37(17-19-38)31(42)25(14-15-28(39)40)35-30(41)26-20-27(33-21-22(2)23-10-6-4-7-11-23)36-29(34-26)24-12-8-5-9-13-24/h4-13,20,22,25H,3,14-19,21H2,1-2H3,(H,35,41)(H,39,40)(H,33,34,36)/t22?,25-/m0/s1. The van der Waals surface area contributed by atoms with Crippen molar-refractivity contribution in [2.45, 2.75) is 38.6 Å². The predicted molar refractivity (Wildman–Crippen MR) is 164 cm³/mol. The van der Waals surface area contributed by atoms with Crippen LogP contribution in [0.1, 0.15) is 48.7 Å². The summed E-state index contributed by atoms with van der Waals surface area (Å²) >= 11 is 0. The van der Waals surface area contributed by atoms with E-state index >= 15 is 0 Å². The zero-order valence-electron chi connectivity index (χ0n) is 24.9. The first-order valence-corrected chi connectivity index (χ1v) is 14.7. The number of amides is 3. The van der Waals surface area contributed by atoms with Gasteiger partial charge in [0.25, 0.3) is 5.91 Å². The van der Waals surface area contributed by atoms with Crippen molar-refractivity contribution in [3.63, 3.8) is 0 Å². The van der Waals surface area contributed by atoms with Gasteiger partial charge in [0, 0.05) is 50.8 Å². The van der Waals surface area contributed by atoms with Gasteiger partial charge in [-0.05, 0) is 24.8 Å². The van der Waals surface area contributed by atoms with Crippen molar-refractivity contribution in [3.8, 4) is 11.4 Å². The summed E-state index contributed by atoms with van der Waals surface area (Å²) in [7, 11) is 0. The van der Waals surface area contributed by atoms with Crippen LogP contribution in [-0.2, 0) is 14.3 Å². The number of anilines is 1. The van der Waals surface area contributed by atoms with Crippen LogP contribution < -0.4 is 10.6 Å². The number of rotatable bonds is 12. The molecule has 0 spiro atoms. The van der Waals surface area contributed by atoms with Crippen LogP contribution in [0.3, 0.4) is 0 Å². The second-order valence-electron chi connectivity index (χ2n) is 10.5. The molecule has 0 aliphatic carbocycles. The molecular weight excluding hydrogens is 564 g/mol. The Morgan fingerprint density at radius 1 is 0.932 bits per heavy atom. The smallest absolute Gasteiger partial charge is 0.409 e. The number of nitrogens with one attached hydrogen (secondary N) is 2. The van der Waals surface area contributed by atoms with E-state index in [4.69, 9.17) is 4.74 Å². The van der Waals surface area contributed by atoms with Crippen LogP contribution in [0.4, 0.5) is 10.6 Å². The first-order valence-electron chi connectivity index (χ1n) is 14.7. The quantitative estimate of drug-likeness (QED) is 0.282. The van der Waals surface area contributed by atoms with E-state index in [1.165, 1.54) is 15.9 Å². The molecule has 1 aromatic heterocycles. The van der Waals surface area contributed by atoms with Gasteiger partial charge in [0.2, 0.25) is 5.91 Å². The van der Waals surface area contributed by atoms with Gasteiger partial charge in [-0.25, -0.2) is 14.8 Å². The second-order valence-corrected chi connectivity index (χ2v) is 10.5. The first-order chi connectivity index (χ1) is 21.2. The molecule has 2 atom stereocenters. The molecule has 2 heterocycles. The molecule has 3 amide bonds. The summed E-state index contributed by atoms with van der Waals surface area (Å²) in [4.78, 5) is 62.7. The minimum Gasteiger partial charge on any atom is -0.481 e. The molecule has 1 unspecified atom stereocenters. The van der Waals surface area contributed by atoms with Gasteiger partial charge in [-0.1, -0.05) is 67.6 Å². The molecule has 1 fully saturated rings. The highest BCUT2D eigenvalue weighted by Crippen LogP contribution is 2.20. The summed E-state index contributed by atoms with van der Waals surface area (Å²) in [5.41, 5.74) is 1.89. The molecule has 44 heavy (non-hydrogen) atoms. The third kappa shape index (κ3) is 8.76. The summed E-state index contributed by atoms with van der Waals surface area (Å²) in [6, 6.07) is 19.7. The third-order valence-corrected chi connectivity index (χ3v) is 7.32. The molecule has 0 bridgehead atoms. The highest BCUT2D eigenvalue weighted by Gasteiger charge is 2.31. The van der Waals surface area contributed by atoms with Gasteiger partial charge >= 0.3 is 12.1 Å². The fraction of sp³-hybridized carbons (Fsp3) is 0.375. The van der Waals surface area contributed by atoms with Gasteiger partial charge in [0.1, 0.15) is 17.6 Å². The second kappa shape index (κ2) is 15.5. The molecule has 1 aliphatic heterocycles. The van der Waals surface area contributed by atoms with Crippen LogP contribution in [0.2, 0.25) is 0 Å². The van der Waals surface area contributed by atoms with Crippen molar-refractivity contribution in [1.82, 2.24) is 25.1 Å². The van der Waals surface area contributed by atoms with Gasteiger partial charge in [-0.3, -0.25) is 14.4 Å². The molecule has 1 aliphatic rings. The Morgan fingerprint density at radius 3 is 2.20 bits per heavy atom. The van der Waals surface area contributed by atoms with Crippen molar-refractivity contribution >= 4 is 29.7 Å². The number of carboxylic acid groups (broad SMARTS) is 1. The molecule has 0 saturated carbocycles. The molecular formula is C32H38N6O6. The zero-order chi connectivity index (χ0) is 31.5. The van der Waals surface area contributed by atoms with Gasteiger partial charge in [-0.2, -0.15) is 0 Å². The molecule has 2 aromatic carbocycles. The molecule has 232 valence electrons. The molecule has 12 nitrogen and oxygen atoms in total. The van der Waals surface area contributed by atoms with Gasteiger partial charge < -0.3 is 30.3 Å². The average Bonchev–Trinajstić information content (AvgIpc) is 3.05. The molecule has 12 heteroatoms. The largest absolute Gasteiger partial charge is 0.481 e. The van der Waals surface area contributed by atoms with Crippen LogP contribution in [0.5, 0.6) is 0 Å². The number of hydrogen-bond donors (Lipinski definition) is 3. The van der Waals surface area contributed by atoms with E-state index in [1.54, 1.807) is 6.92 Å². The van der Waals surface area contributed by atoms with Crippen LogP contribution in [0.15, 0.2) is 66.7 Å². The van der Waals surface area contributed by atoms with Crippen LogP contribution in [-0.4, -0.2) is 94.1 Å². The van der Waals surface area contributed by atoms with E-state index in [0.717, 1.165) is 5.56 Å². The highest BCUT2D eigenvalue weighted by molar-refractivity contribution is 5.97. The maximum absolute atomic E-state index is 13.6. The summed E-state index contributed by atoms with van der Waals surface area (Å²) in [6.45, 7) is 5.61. The van der Waals surface area contributed by atoms with Gasteiger partial charge in [-0.15, -0.1) is 0 Å². The lowest BCUT2D eigenvalue weighted by molar-refractivity contribution is -0.138. The first kappa shape index (κ1) is 31.9. The topological polar surface area (TPSA) is 154 Å². The SMILES string of the molecule is CCOC(=O)N1CCN(C(=O)[C@H](CCC(=O)O)NC(=O)c2cc(NCC(C)c3ccccc3)nc(-c3ccccc3)n2)CC1. The lowest BCUT2D eigenvalue weighted by Crippen LogP contribution is -2.56. The number of hydrogen-bond acceptors (Lipinski definition) is 8. The van der Waals surface area contributed by atoms with Crippen molar-refractivity contribution in [3.05, 3.63) is 78.0 Å². The molecule has 0 radical (unpaired) electrons. The Morgan fingerprint density at radius 2 is 1.57 bits per heavy atom. The van der Waals surface area contributed by atoms with E-state index in [-0.39, 0.29) is 57.2 Å². The Hall–Kier alpha value is -5.00. The maximum atomic E-state index is 13.6. The Bertz CT molecular complexity index is 1430. The highest BCUT2D eigenvalue weighted by atomic mass is 16.6. The number of piperazine rings is 1. The minimum atomic E-state index is -1.10. The van der Waals surface area contributed by atoms with Crippen molar-refractivity contribution in [2.75, 3.05) is 44.6 Å². The molecule has 1 saturated heterocycles. The summed E-state index contributed by atoms with van der Waals surface area (Å²) in [6.07, 6.45) is -0.868. The zero-order valence-corrected chi connectivity index (χ0v) is 24.9. The third-order valence-electron chi connectivity index (χ3n) is 7.32. The van der Waals surface area contributed by atoms with Crippen LogP contribution in [0, 0.1) is 0 Å². The van der Waals surface area contributed by atoms with E-state index in [9.17, 15) is 24.3 Å². The average molecular weight is 603 g/mol. The fourth-order valence-electron chi connectivity index (χ4n) is 4.83. The van der Waals surface area contributed by atoms with Crippen LogP contribution in [0.25, 0.3) is 11.4 Å². The predicted octanol–water partition coefficient (Wildman–Crippen LogP) is 3.62. The number of nitrogens with zero attached hydrogens (tertiary/aromatic N) is 4. The minimum absolute atomic E-state index is 0.0361. The number of carboxylic acids is 1. The van der Waals surface area contributed by atoms with Crippen LogP contribution >= 0.6 is 0 Å². The van der Waals surface area contributed by atoms with Gasteiger partial charge in [0.05, 0.1) is 6.61 Å². The monoisotopic (exact) mass is 602 g/mol. The van der Waals surface area contributed by atoms with Crippen molar-refractivity contribution < 1.29 is 29.0 Å². The Balaban J connectivity index is 1.52. The number of benzene rings is 2. The summed E-state index contributed by atoms with van der Waals surface area (Å²) in [5, 5.41) is 15.3. The lowest BCUT2D eigenvalue weighted by atomic mass is 10.0. The van der Waals surface area contributed by atoms with E-state index in [1.807, 2.05) is 60.7 Å². The van der Waals surface area contributed by atoms with E-state index < -0.39 is 29.9 Å². The fourth-order valence-corrected chi connectivity index (χ4v) is 4.83. The maximum Gasteiger partial charge on any atom is 0.409 e. The number of aliphatic carboxylic acids is 1. The van der Waals surface area contributed by atoms with E-state index in [2.05, 4.69) is 27.5 Å². The van der Waals surface area contributed by atoms with Crippen molar-refractivity contribution in [2.24, 2.45) is 0 Å². The number of ether oxygens (including phenoxy) is 1. The van der Waals surface area contributed by atoms with E-state index in [0.29, 0.717) is 23.8 Å². The number of carbonyl (C=O) groups is 4. The molecule has 4 rings (SSSR count). The lowest BCUT2D eigenvalue weighted by Gasteiger charge is -2.35. The molecule has 3 aromatic rings. The normalized spacial score (nSPS) is 14.3. The number of aromatic nitrogens is 2. The van der Waals surface area contributed by atoms with Crippen molar-refractivity contribution in [1.29, 1.82) is 0 Å². The number of carbonyl (C=O) groups excluding carboxylic acids is 3.